The van der Waals surface area contributed by atoms with Gasteiger partial charge >= 0.3 is 12.1 Å². The SMILES string of the molecule is CCCC(CCCC=C(NC(=O)OC(C)(C)C)C(=O)O)C(O[Si](C(C)C)(C(C)C)C(C)C)C(C)OCc1ccccc1. The van der Waals surface area contributed by atoms with Crippen LogP contribution in [-0.4, -0.2) is 43.3 Å². The number of unbranched alkanes of at least 4 members (excludes halogenated alkanes) is 1. The standard InChI is InChI=1S/C34H59NO6Si/c1-12-18-29(21-16-17-22-30(32(36)37)35-33(38)40-34(9,10)11)31(27(8)39-23-28-19-14-13-15-20-28)41-42(24(2)3,25(4)5)26(6)7/h13-15,19-20,22,24-27,29,31H,12,16-18,21,23H2,1-11H3,(H,35,38)(H,36,37). The van der Waals surface area contributed by atoms with E-state index in [1.54, 1.807) is 26.8 Å². The maximum absolute atomic E-state index is 12.2. The lowest BCUT2D eigenvalue weighted by molar-refractivity contribution is -0.133. The molecular weight excluding hydrogens is 546 g/mol. The first-order valence-corrected chi connectivity index (χ1v) is 18.0. The molecule has 1 aromatic rings. The summed E-state index contributed by atoms with van der Waals surface area (Å²) in [7, 11) is -2.20. The predicted octanol–water partition coefficient (Wildman–Crippen LogP) is 9.23. The third kappa shape index (κ3) is 12.2. The number of allylic oxidation sites excluding steroid dienone is 1. The minimum absolute atomic E-state index is 0.0738. The number of rotatable bonds is 18. The number of carbonyl (C=O) groups excluding carboxylic acids is 1. The van der Waals surface area contributed by atoms with Crippen LogP contribution in [0.25, 0.3) is 0 Å². The molecule has 0 spiro atoms. The van der Waals surface area contributed by atoms with Gasteiger partial charge in [-0.25, -0.2) is 9.59 Å². The highest BCUT2D eigenvalue weighted by atomic mass is 28.4. The largest absolute Gasteiger partial charge is 0.477 e. The van der Waals surface area contributed by atoms with E-state index >= 15 is 0 Å². The molecule has 2 N–H and O–H groups in total. The molecule has 0 saturated heterocycles. The number of alkyl carbamates (subject to hydrolysis) is 1. The van der Waals surface area contributed by atoms with E-state index in [0.717, 1.165) is 31.2 Å². The highest BCUT2D eigenvalue weighted by Crippen LogP contribution is 2.45. The smallest absolute Gasteiger partial charge is 0.412 e. The monoisotopic (exact) mass is 605 g/mol. The summed E-state index contributed by atoms with van der Waals surface area (Å²) in [5, 5.41) is 12.0. The van der Waals surface area contributed by atoms with Crippen LogP contribution in [-0.2, 0) is 25.3 Å². The quantitative estimate of drug-likeness (QED) is 0.0984. The topological polar surface area (TPSA) is 94.1 Å². The molecule has 3 unspecified atom stereocenters. The molecule has 42 heavy (non-hydrogen) atoms. The van der Waals surface area contributed by atoms with Crippen LogP contribution in [0.4, 0.5) is 4.79 Å². The van der Waals surface area contributed by atoms with Crippen molar-refractivity contribution in [2.45, 2.75) is 149 Å². The maximum Gasteiger partial charge on any atom is 0.412 e. The van der Waals surface area contributed by atoms with Gasteiger partial charge in [-0.15, -0.1) is 0 Å². The lowest BCUT2D eigenvalue weighted by Crippen LogP contribution is -2.54. The fourth-order valence-electron chi connectivity index (χ4n) is 6.19. The van der Waals surface area contributed by atoms with Crippen LogP contribution in [0.5, 0.6) is 0 Å². The van der Waals surface area contributed by atoms with Gasteiger partial charge in [0.1, 0.15) is 11.3 Å². The Morgan fingerprint density at radius 1 is 0.952 bits per heavy atom. The Labute approximate surface area is 256 Å². The number of carbonyl (C=O) groups is 2. The van der Waals surface area contributed by atoms with E-state index in [4.69, 9.17) is 13.9 Å². The number of ether oxygens (including phenoxy) is 2. The van der Waals surface area contributed by atoms with Gasteiger partial charge in [0.2, 0.25) is 8.32 Å². The van der Waals surface area contributed by atoms with E-state index in [1.165, 1.54) is 0 Å². The number of benzene rings is 1. The molecule has 0 aliphatic rings. The van der Waals surface area contributed by atoms with Gasteiger partial charge in [-0.3, -0.25) is 5.32 Å². The van der Waals surface area contributed by atoms with E-state index in [2.05, 4.69) is 72.8 Å². The van der Waals surface area contributed by atoms with Gasteiger partial charge in [0.15, 0.2) is 0 Å². The summed E-state index contributed by atoms with van der Waals surface area (Å²) < 4.78 is 19.2. The van der Waals surface area contributed by atoms with Crippen molar-refractivity contribution in [1.82, 2.24) is 5.32 Å². The Bertz CT molecular complexity index is 948. The van der Waals surface area contributed by atoms with Crippen molar-refractivity contribution in [3.05, 3.63) is 47.7 Å². The first-order chi connectivity index (χ1) is 19.5. The predicted molar refractivity (Wildman–Crippen MR) is 174 cm³/mol. The summed E-state index contributed by atoms with van der Waals surface area (Å²) in [6, 6.07) is 10.2. The molecule has 7 nitrogen and oxygen atoms in total. The average Bonchev–Trinajstić information content (AvgIpc) is 2.88. The van der Waals surface area contributed by atoms with E-state index in [9.17, 15) is 14.7 Å². The molecule has 1 aromatic carbocycles. The van der Waals surface area contributed by atoms with Crippen molar-refractivity contribution < 1.29 is 28.6 Å². The highest BCUT2D eigenvalue weighted by molar-refractivity contribution is 6.77. The van der Waals surface area contributed by atoms with Crippen molar-refractivity contribution >= 4 is 20.4 Å². The van der Waals surface area contributed by atoms with Gasteiger partial charge in [0.05, 0.1) is 18.8 Å². The molecule has 0 aliphatic heterocycles. The van der Waals surface area contributed by atoms with Crippen molar-refractivity contribution in [1.29, 1.82) is 0 Å². The van der Waals surface area contributed by atoms with Crippen LogP contribution in [0.2, 0.25) is 16.6 Å². The summed E-state index contributed by atoms with van der Waals surface area (Å²) in [6.07, 6.45) is 4.80. The average molecular weight is 606 g/mol. The Morgan fingerprint density at radius 3 is 2.00 bits per heavy atom. The second-order valence-corrected chi connectivity index (χ2v) is 18.8. The fraction of sp³-hybridized carbons (Fsp3) is 0.706. The van der Waals surface area contributed by atoms with Crippen LogP contribution >= 0.6 is 0 Å². The third-order valence-electron chi connectivity index (χ3n) is 7.98. The first kappa shape index (κ1) is 37.9. The Morgan fingerprint density at radius 2 is 1.52 bits per heavy atom. The molecule has 0 heterocycles. The number of carboxylic acid groups (broad SMARTS) is 1. The molecule has 0 bridgehead atoms. The molecule has 240 valence electrons. The van der Waals surface area contributed by atoms with E-state index < -0.39 is 26.0 Å². The second-order valence-electron chi connectivity index (χ2n) is 13.4. The Kier molecular flexibility index (Phi) is 16.1. The highest BCUT2D eigenvalue weighted by Gasteiger charge is 2.48. The summed E-state index contributed by atoms with van der Waals surface area (Å²) in [5.41, 5.74) is 1.61. The van der Waals surface area contributed by atoms with Crippen LogP contribution in [0.15, 0.2) is 42.1 Å². The molecule has 1 amide bonds. The molecule has 1 rings (SSSR count). The number of hydrogen-bond donors (Lipinski definition) is 2. The maximum atomic E-state index is 12.2. The van der Waals surface area contributed by atoms with E-state index in [0.29, 0.717) is 29.7 Å². The molecule has 0 aromatic heterocycles. The van der Waals surface area contributed by atoms with Crippen LogP contribution < -0.4 is 5.32 Å². The van der Waals surface area contributed by atoms with E-state index in [1.807, 2.05) is 18.2 Å². The zero-order chi connectivity index (χ0) is 32.1. The molecular formula is C34H59NO6Si. The van der Waals surface area contributed by atoms with E-state index in [-0.39, 0.29) is 23.8 Å². The summed E-state index contributed by atoms with van der Waals surface area (Å²) in [6.45, 7) is 23.9. The summed E-state index contributed by atoms with van der Waals surface area (Å²) in [5.74, 6) is -0.930. The second kappa shape index (κ2) is 17.8. The molecule has 3 atom stereocenters. The Hall–Kier alpha value is -2.16. The van der Waals surface area contributed by atoms with Gasteiger partial charge in [-0.05, 0) is 81.5 Å². The number of carboxylic acids is 1. The molecule has 0 fully saturated rings. The summed E-state index contributed by atoms with van der Waals surface area (Å²) >= 11 is 0. The number of hydrogen-bond acceptors (Lipinski definition) is 5. The van der Waals surface area contributed by atoms with Gasteiger partial charge in [0, 0.05) is 0 Å². The van der Waals surface area contributed by atoms with Crippen LogP contribution in [0, 0.1) is 5.92 Å². The van der Waals surface area contributed by atoms with Gasteiger partial charge in [-0.1, -0.05) is 91.3 Å². The number of amides is 1. The number of aliphatic carboxylic acids is 1. The minimum atomic E-state index is -2.20. The van der Waals surface area contributed by atoms with Crippen molar-refractivity contribution in [2.75, 3.05) is 0 Å². The van der Waals surface area contributed by atoms with Crippen molar-refractivity contribution in [3.8, 4) is 0 Å². The lowest BCUT2D eigenvalue weighted by atomic mass is 9.89. The molecule has 8 heteroatoms. The molecule has 0 radical (unpaired) electrons. The zero-order valence-electron chi connectivity index (χ0n) is 28.2. The molecule has 0 aliphatic carbocycles. The van der Waals surface area contributed by atoms with Gasteiger partial charge in [0.25, 0.3) is 0 Å². The third-order valence-corrected chi connectivity index (χ3v) is 14.1. The van der Waals surface area contributed by atoms with Crippen molar-refractivity contribution in [3.63, 3.8) is 0 Å². The molecule has 0 saturated carbocycles. The van der Waals surface area contributed by atoms with Gasteiger partial charge in [-0.2, -0.15) is 0 Å². The normalized spacial score (nSPS) is 15.1. The number of nitrogens with one attached hydrogen (secondary N) is 1. The van der Waals surface area contributed by atoms with Crippen LogP contribution in [0.3, 0.4) is 0 Å². The lowest BCUT2D eigenvalue weighted by Gasteiger charge is -2.47. The first-order valence-electron chi connectivity index (χ1n) is 15.8. The minimum Gasteiger partial charge on any atom is -0.477 e. The Balaban J connectivity index is 3.21. The fourth-order valence-corrected chi connectivity index (χ4v) is 11.9. The van der Waals surface area contributed by atoms with Crippen LogP contribution in [0.1, 0.15) is 114 Å². The summed E-state index contributed by atoms with van der Waals surface area (Å²) in [4.78, 5) is 24.0. The van der Waals surface area contributed by atoms with Crippen molar-refractivity contribution in [2.24, 2.45) is 5.92 Å². The zero-order valence-corrected chi connectivity index (χ0v) is 29.2. The van der Waals surface area contributed by atoms with Gasteiger partial charge < -0.3 is 19.0 Å².